The van der Waals surface area contributed by atoms with Crippen molar-refractivity contribution in [1.82, 2.24) is 4.90 Å². The number of hydrogen-bond acceptors (Lipinski definition) is 3. The van der Waals surface area contributed by atoms with Crippen LogP contribution in [-0.4, -0.2) is 46.4 Å². The molecule has 0 bridgehead atoms. The van der Waals surface area contributed by atoms with Crippen molar-refractivity contribution in [3.63, 3.8) is 0 Å². The summed E-state index contributed by atoms with van der Waals surface area (Å²) in [6, 6.07) is 7.49. The summed E-state index contributed by atoms with van der Waals surface area (Å²) in [5, 5.41) is 0. The fourth-order valence-corrected chi connectivity index (χ4v) is 4.52. The smallest absolute Gasteiger partial charge is 0.186 e. The Balaban J connectivity index is 1.47. The summed E-state index contributed by atoms with van der Waals surface area (Å²) in [6.45, 7) is 8.24. The molecular formula is C19H30N2O2S. The van der Waals surface area contributed by atoms with Gasteiger partial charge in [-0.3, -0.25) is 0 Å². The van der Waals surface area contributed by atoms with Gasteiger partial charge < -0.3 is 14.4 Å². The zero-order valence-corrected chi connectivity index (χ0v) is 15.5. The summed E-state index contributed by atoms with van der Waals surface area (Å²) < 4.78 is 20.5. The molecule has 2 aliphatic rings. The molecule has 134 valence electrons. The average molecular weight is 351 g/mol. The molecule has 1 N–H and O–H groups in total. The van der Waals surface area contributed by atoms with Gasteiger partial charge in [-0.2, -0.15) is 0 Å². The van der Waals surface area contributed by atoms with Crippen LogP contribution < -0.4 is 4.90 Å². The van der Waals surface area contributed by atoms with E-state index in [1.165, 1.54) is 51.7 Å². The van der Waals surface area contributed by atoms with Crippen molar-refractivity contribution in [3.05, 3.63) is 24.3 Å². The van der Waals surface area contributed by atoms with E-state index in [2.05, 4.69) is 16.7 Å². The van der Waals surface area contributed by atoms with Crippen molar-refractivity contribution in [3.8, 4) is 0 Å². The molecule has 0 aromatic heterocycles. The van der Waals surface area contributed by atoms with E-state index >= 15 is 0 Å². The Labute approximate surface area is 148 Å². The van der Waals surface area contributed by atoms with E-state index in [1.807, 2.05) is 18.2 Å². The third-order valence-electron chi connectivity index (χ3n) is 5.80. The standard InChI is InChI=1S/C19H30N2O2S/c1-2-16-6-10-20(11-7-16)15-17-8-12-21(13-9-17)18-4-3-5-19(14-18)24(22)23/h3-5,14,16-17H,2,6-13,15H2,1H3,(H,22,23). The molecule has 1 aromatic rings. The lowest BCUT2D eigenvalue weighted by Gasteiger charge is -2.38. The van der Waals surface area contributed by atoms with Crippen LogP contribution in [0.15, 0.2) is 29.2 Å². The molecule has 2 aliphatic heterocycles. The van der Waals surface area contributed by atoms with Crippen LogP contribution in [0.2, 0.25) is 0 Å². The van der Waals surface area contributed by atoms with Crippen molar-refractivity contribution < 1.29 is 8.76 Å². The summed E-state index contributed by atoms with van der Waals surface area (Å²) in [5.41, 5.74) is 1.08. The van der Waals surface area contributed by atoms with Crippen molar-refractivity contribution in [2.75, 3.05) is 37.6 Å². The molecule has 1 atom stereocenters. The second-order valence-electron chi connectivity index (χ2n) is 7.33. The summed E-state index contributed by atoms with van der Waals surface area (Å²) in [4.78, 5) is 5.52. The number of rotatable bonds is 5. The number of piperidine rings is 2. The maximum absolute atomic E-state index is 11.2. The third kappa shape index (κ3) is 4.58. The molecule has 1 aromatic carbocycles. The van der Waals surface area contributed by atoms with Gasteiger partial charge in [-0.1, -0.05) is 19.4 Å². The van der Waals surface area contributed by atoms with Crippen LogP contribution in [0.25, 0.3) is 0 Å². The van der Waals surface area contributed by atoms with Gasteiger partial charge in [0.2, 0.25) is 0 Å². The SMILES string of the molecule is CCC1CCN(CC2CCN(c3cccc(S(=O)O)c3)CC2)CC1. The maximum atomic E-state index is 11.2. The molecule has 2 fully saturated rings. The van der Waals surface area contributed by atoms with Crippen molar-refractivity contribution >= 4 is 16.8 Å². The minimum absolute atomic E-state index is 0.494. The van der Waals surface area contributed by atoms with Gasteiger partial charge in [-0.15, -0.1) is 0 Å². The minimum atomic E-state index is -1.89. The van der Waals surface area contributed by atoms with Crippen LogP contribution in [0, 0.1) is 11.8 Å². The first-order valence-electron chi connectivity index (χ1n) is 9.34. The highest BCUT2D eigenvalue weighted by Crippen LogP contribution is 2.27. The Bertz CT molecular complexity index is 550. The Hall–Kier alpha value is -0.910. The molecule has 3 rings (SSSR count). The predicted molar refractivity (Wildman–Crippen MR) is 99.9 cm³/mol. The lowest BCUT2D eigenvalue weighted by atomic mass is 9.91. The zero-order chi connectivity index (χ0) is 16.9. The molecule has 24 heavy (non-hydrogen) atoms. The maximum Gasteiger partial charge on any atom is 0.186 e. The van der Waals surface area contributed by atoms with Crippen LogP contribution in [0.4, 0.5) is 5.69 Å². The van der Waals surface area contributed by atoms with Crippen LogP contribution in [0.3, 0.4) is 0 Å². The minimum Gasteiger partial charge on any atom is -0.371 e. The number of hydrogen-bond donors (Lipinski definition) is 1. The lowest BCUT2D eigenvalue weighted by Crippen LogP contribution is -2.41. The zero-order valence-electron chi connectivity index (χ0n) is 14.7. The van der Waals surface area contributed by atoms with E-state index in [0.717, 1.165) is 30.6 Å². The van der Waals surface area contributed by atoms with E-state index in [9.17, 15) is 8.76 Å². The first kappa shape index (κ1) is 17.9. The first-order chi connectivity index (χ1) is 11.7. The van der Waals surface area contributed by atoms with Crippen LogP contribution >= 0.6 is 0 Å². The van der Waals surface area contributed by atoms with Gasteiger partial charge in [0, 0.05) is 25.3 Å². The van der Waals surface area contributed by atoms with Gasteiger partial charge in [-0.05, 0) is 68.8 Å². The summed E-state index contributed by atoms with van der Waals surface area (Å²) >= 11 is -1.89. The average Bonchev–Trinajstić information content (AvgIpc) is 2.63. The molecule has 1 unspecified atom stereocenters. The molecule has 5 heteroatoms. The Kier molecular flexibility index (Phi) is 6.31. The molecule has 2 saturated heterocycles. The van der Waals surface area contributed by atoms with Crippen molar-refractivity contribution in [2.45, 2.75) is 43.9 Å². The normalized spacial score (nSPS) is 22.7. The lowest BCUT2D eigenvalue weighted by molar-refractivity contribution is 0.149. The van der Waals surface area contributed by atoms with Crippen LogP contribution in [0.5, 0.6) is 0 Å². The largest absolute Gasteiger partial charge is 0.371 e. The topological polar surface area (TPSA) is 43.8 Å². The molecule has 2 heterocycles. The molecule has 0 amide bonds. The molecule has 4 nitrogen and oxygen atoms in total. The number of likely N-dealkylation sites (tertiary alicyclic amines) is 1. The van der Waals surface area contributed by atoms with E-state index in [1.54, 1.807) is 6.07 Å². The molecule has 0 aliphatic carbocycles. The molecule has 0 saturated carbocycles. The Morgan fingerprint density at radius 2 is 1.75 bits per heavy atom. The van der Waals surface area contributed by atoms with E-state index in [4.69, 9.17) is 0 Å². The van der Waals surface area contributed by atoms with E-state index < -0.39 is 11.1 Å². The van der Waals surface area contributed by atoms with Gasteiger partial charge >= 0.3 is 0 Å². The van der Waals surface area contributed by atoms with Gasteiger partial charge in [0.15, 0.2) is 11.1 Å². The number of benzene rings is 1. The second kappa shape index (κ2) is 8.45. The molecule has 0 spiro atoms. The van der Waals surface area contributed by atoms with Crippen molar-refractivity contribution in [2.24, 2.45) is 11.8 Å². The highest BCUT2D eigenvalue weighted by Gasteiger charge is 2.24. The van der Waals surface area contributed by atoms with Gasteiger partial charge in [-0.25, -0.2) is 4.21 Å². The monoisotopic (exact) mass is 350 g/mol. The van der Waals surface area contributed by atoms with Gasteiger partial charge in [0.25, 0.3) is 0 Å². The van der Waals surface area contributed by atoms with Crippen LogP contribution in [0.1, 0.15) is 39.0 Å². The number of nitrogens with zero attached hydrogens (tertiary/aromatic N) is 2. The first-order valence-corrected chi connectivity index (χ1v) is 10.4. The molecule has 0 radical (unpaired) electrons. The quantitative estimate of drug-likeness (QED) is 0.824. The van der Waals surface area contributed by atoms with E-state index in [-0.39, 0.29) is 0 Å². The van der Waals surface area contributed by atoms with Gasteiger partial charge in [0.1, 0.15) is 0 Å². The van der Waals surface area contributed by atoms with Crippen LogP contribution in [-0.2, 0) is 11.1 Å². The fraction of sp³-hybridized carbons (Fsp3) is 0.684. The predicted octanol–water partition coefficient (Wildman–Crippen LogP) is 3.61. The fourth-order valence-electron chi connectivity index (χ4n) is 4.10. The highest BCUT2D eigenvalue weighted by molar-refractivity contribution is 7.79. The van der Waals surface area contributed by atoms with E-state index in [0.29, 0.717) is 4.90 Å². The van der Waals surface area contributed by atoms with Crippen molar-refractivity contribution in [1.29, 1.82) is 0 Å². The summed E-state index contributed by atoms with van der Waals surface area (Å²) in [6.07, 6.45) is 6.53. The Morgan fingerprint density at radius 1 is 1.08 bits per heavy atom. The Morgan fingerprint density at radius 3 is 2.38 bits per heavy atom. The second-order valence-corrected chi connectivity index (χ2v) is 8.30. The molecular weight excluding hydrogens is 320 g/mol. The summed E-state index contributed by atoms with van der Waals surface area (Å²) in [7, 11) is 0. The number of anilines is 1. The highest BCUT2D eigenvalue weighted by atomic mass is 32.2. The third-order valence-corrected chi connectivity index (χ3v) is 6.46. The summed E-state index contributed by atoms with van der Waals surface area (Å²) in [5.74, 6) is 1.75. The van der Waals surface area contributed by atoms with Gasteiger partial charge in [0.05, 0.1) is 4.90 Å².